The number of piperidine rings is 1. The van der Waals surface area contributed by atoms with Crippen LogP contribution in [0.3, 0.4) is 0 Å². The van der Waals surface area contributed by atoms with Crippen LogP contribution in [0.4, 0.5) is 0 Å². The van der Waals surface area contributed by atoms with Gasteiger partial charge in [-0.3, -0.25) is 9.59 Å². The molecular weight excluding hydrogens is 500 g/mol. The van der Waals surface area contributed by atoms with E-state index in [9.17, 15) is 18.0 Å². The third-order valence-electron chi connectivity index (χ3n) is 7.49. The first-order chi connectivity index (χ1) is 18.4. The van der Waals surface area contributed by atoms with E-state index in [1.807, 2.05) is 59.5 Å². The van der Waals surface area contributed by atoms with Crippen molar-refractivity contribution in [3.05, 3.63) is 78.4 Å². The van der Waals surface area contributed by atoms with Gasteiger partial charge in [0.15, 0.2) is 0 Å². The fraction of sp³-hybridized carbons (Fsp3) is 0.379. The minimum atomic E-state index is -3.96. The van der Waals surface area contributed by atoms with Crippen molar-refractivity contribution in [2.24, 2.45) is 5.92 Å². The van der Waals surface area contributed by atoms with Crippen molar-refractivity contribution in [3.8, 4) is 0 Å². The summed E-state index contributed by atoms with van der Waals surface area (Å²) in [5.74, 6) is -0.193. The van der Waals surface area contributed by atoms with Gasteiger partial charge in [-0.05, 0) is 47.7 Å². The zero-order valence-corrected chi connectivity index (χ0v) is 22.2. The van der Waals surface area contributed by atoms with E-state index in [2.05, 4.69) is 10.0 Å². The van der Waals surface area contributed by atoms with Gasteiger partial charge in [-0.15, -0.1) is 0 Å². The van der Waals surface area contributed by atoms with Gasteiger partial charge in [0, 0.05) is 45.2 Å². The van der Waals surface area contributed by atoms with Gasteiger partial charge in [0.2, 0.25) is 21.8 Å². The summed E-state index contributed by atoms with van der Waals surface area (Å²) in [4.78, 5) is 30.4. The van der Waals surface area contributed by atoms with Gasteiger partial charge in [-0.25, -0.2) is 8.42 Å². The lowest BCUT2D eigenvalue weighted by Crippen LogP contribution is -2.53. The number of sulfonamides is 1. The Morgan fingerprint density at radius 2 is 1.50 bits per heavy atom. The molecule has 2 aliphatic heterocycles. The average molecular weight is 535 g/mol. The first-order valence-corrected chi connectivity index (χ1v) is 14.7. The van der Waals surface area contributed by atoms with Crippen molar-refractivity contribution >= 4 is 32.6 Å². The molecule has 38 heavy (non-hydrogen) atoms. The summed E-state index contributed by atoms with van der Waals surface area (Å²) >= 11 is 0. The molecule has 2 aliphatic rings. The van der Waals surface area contributed by atoms with Crippen molar-refractivity contribution in [1.29, 1.82) is 0 Å². The summed E-state index contributed by atoms with van der Waals surface area (Å²) in [5.41, 5.74) is 0.871. The van der Waals surface area contributed by atoms with Crippen molar-refractivity contribution in [1.82, 2.24) is 19.8 Å². The maximum Gasteiger partial charge on any atom is 0.241 e. The third kappa shape index (κ3) is 6.06. The molecule has 5 rings (SSSR count). The van der Waals surface area contributed by atoms with Gasteiger partial charge >= 0.3 is 0 Å². The number of likely N-dealkylation sites (tertiary alicyclic amines) is 1. The topological polar surface area (TPSA) is 98.8 Å². The normalized spacial score (nSPS) is 17.9. The molecule has 0 aromatic heterocycles. The molecule has 0 saturated carbocycles. The van der Waals surface area contributed by atoms with Crippen LogP contribution < -0.4 is 10.0 Å². The molecule has 1 unspecified atom stereocenters. The van der Waals surface area contributed by atoms with Crippen LogP contribution in [0.2, 0.25) is 0 Å². The van der Waals surface area contributed by atoms with E-state index < -0.39 is 16.1 Å². The first kappa shape index (κ1) is 26.3. The molecule has 0 radical (unpaired) electrons. The highest BCUT2D eigenvalue weighted by Crippen LogP contribution is 2.23. The largest absolute Gasteiger partial charge is 0.341 e. The number of hydrogen-bond acceptors (Lipinski definition) is 5. The highest BCUT2D eigenvalue weighted by molar-refractivity contribution is 7.89. The second-order valence-electron chi connectivity index (χ2n) is 10.0. The fourth-order valence-corrected chi connectivity index (χ4v) is 6.55. The number of carbonyl (C=O) groups excluding carboxylic acids is 2. The summed E-state index contributed by atoms with van der Waals surface area (Å²) in [6, 6.07) is 21.0. The third-order valence-corrected chi connectivity index (χ3v) is 8.96. The second-order valence-corrected chi connectivity index (χ2v) is 11.8. The smallest absolute Gasteiger partial charge is 0.241 e. The molecule has 2 heterocycles. The number of nitrogens with one attached hydrogen (secondary N) is 2. The number of benzene rings is 3. The molecule has 2 amide bonds. The molecule has 0 aliphatic carbocycles. The summed E-state index contributed by atoms with van der Waals surface area (Å²) in [6.45, 7) is 3.92. The molecule has 0 bridgehead atoms. The molecule has 3 aromatic carbocycles. The minimum Gasteiger partial charge on any atom is -0.341 e. The molecule has 8 nitrogen and oxygen atoms in total. The molecular formula is C29H34N4O4S. The van der Waals surface area contributed by atoms with E-state index in [4.69, 9.17) is 0 Å². The first-order valence-electron chi connectivity index (χ1n) is 13.2. The van der Waals surface area contributed by atoms with Crippen LogP contribution >= 0.6 is 0 Å². The Balaban J connectivity index is 1.31. The number of carbonyl (C=O) groups is 2. The highest BCUT2D eigenvalue weighted by Gasteiger charge is 2.34. The molecule has 3 aromatic rings. The van der Waals surface area contributed by atoms with Crippen LogP contribution in [0.5, 0.6) is 0 Å². The van der Waals surface area contributed by atoms with Gasteiger partial charge in [-0.1, -0.05) is 60.7 Å². The molecule has 1 atom stereocenters. The summed E-state index contributed by atoms with van der Waals surface area (Å²) in [6.07, 6.45) is 1.42. The van der Waals surface area contributed by atoms with Crippen molar-refractivity contribution in [3.63, 3.8) is 0 Å². The van der Waals surface area contributed by atoms with Crippen LogP contribution in [0, 0.1) is 5.92 Å². The van der Waals surface area contributed by atoms with E-state index in [0.29, 0.717) is 39.0 Å². The summed E-state index contributed by atoms with van der Waals surface area (Å²) in [7, 11) is -3.96. The maximum atomic E-state index is 13.7. The molecule has 9 heteroatoms. The van der Waals surface area contributed by atoms with Gasteiger partial charge in [-0.2, -0.15) is 4.72 Å². The van der Waals surface area contributed by atoms with Crippen LogP contribution in [0.25, 0.3) is 10.8 Å². The lowest BCUT2D eigenvalue weighted by atomic mass is 9.94. The predicted molar refractivity (Wildman–Crippen MR) is 147 cm³/mol. The van der Waals surface area contributed by atoms with E-state index in [0.717, 1.165) is 29.4 Å². The highest BCUT2D eigenvalue weighted by atomic mass is 32.2. The van der Waals surface area contributed by atoms with Crippen molar-refractivity contribution < 1.29 is 18.0 Å². The van der Waals surface area contributed by atoms with E-state index in [-0.39, 0.29) is 29.0 Å². The lowest BCUT2D eigenvalue weighted by molar-refractivity contribution is -0.141. The average Bonchev–Trinajstić information content (AvgIpc) is 2.97. The zero-order valence-electron chi connectivity index (χ0n) is 21.4. The standard InChI is InChI=1S/C29H34N4O4S/c34-28(33-18-14-30-15-19-33)24-12-16-32(17-13-24)29(35)27(20-22-6-2-1-3-7-22)31-38(36,37)26-11-10-23-8-4-5-9-25(23)21-26/h1-11,21,24,27,30-31H,12-20H2. The number of piperazine rings is 1. The molecule has 2 saturated heterocycles. The van der Waals surface area contributed by atoms with E-state index in [1.165, 1.54) is 0 Å². The quantitative estimate of drug-likeness (QED) is 0.485. The number of fused-ring (bicyclic) bond motifs is 1. The Kier molecular flexibility index (Phi) is 8.06. The fourth-order valence-electron chi connectivity index (χ4n) is 5.33. The zero-order chi connectivity index (χ0) is 26.5. The number of amides is 2. The Bertz CT molecular complexity index is 1380. The Labute approximate surface area is 224 Å². The number of nitrogens with zero attached hydrogens (tertiary/aromatic N) is 2. The Morgan fingerprint density at radius 1 is 0.842 bits per heavy atom. The van der Waals surface area contributed by atoms with Crippen LogP contribution in [0.15, 0.2) is 77.7 Å². The summed E-state index contributed by atoms with van der Waals surface area (Å²) in [5, 5.41) is 5.03. The van der Waals surface area contributed by atoms with Crippen LogP contribution in [-0.4, -0.2) is 75.3 Å². The number of rotatable bonds is 7. The molecule has 200 valence electrons. The molecule has 2 N–H and O–H groups in total. The van der Waals surface area contributed by atoms with Gasteiger partial charge in [0.05, 0.1) is 4.90 Å². The minimum absolute atomic E-state index is 0.0981. The van der Waals surface area contributed by atoms with Gasteiger partial charge < -0.3 is 15.1 Å². The Morgan fingerprint density at radius 3 is 2.21 bits per heavy atom. The molecule has 0 spiro atoms. The summed E-state index contributed by atoms with van der Waals surface area (Å²) < 4.78 is 29.6. The van der Waals surface area contributed by atoms with Gasteiger partial charge in [0.25, 0.3) is 0 Å². The second kappa shape index (κ2) is 11.6. The maximum absolute atomic E-state index is 13.7. The van der Waals surface area contributed by atoms with E-state index >= 15 is 0 Å². The SMILES string of the molecule is O=C(C1CCN(C(=O)C(Cc2ccccc2)NS(=O)(=O)c2ccc3ccccc3c2)CC1)N1CCNCC1. The van der Waals surface area contributed by atoms with Crippen LogP contribution in [-0.2, 0) is 26.0 Å². The monoisotopic (exact) mass is 534 g/mol. The van der Waals surface area contributed by atoms with Crippen LogP contribution in [0.1, 0.15) is 18.4 Å². The van der Waals surface area contributed by atoms with E-state index in [1.54, 1.807) is 23.1 Å². The number of hydrogen-bond donors (Lipinski definition) is 2. The predicted octanol–water partition coefficient (Wildman–Crippen LogP) is 2.40. The molecule has 2 fully saturated rings. The lowest BCUT2D eigenvalue weighted by Gasteiger charge is -2.37. The van der Waals surface area contributed by atoms with Crippen molar-refractivity contribution in [2.75, 3.05) is 39.3 Å². The van der Waals surface area contributed by atoms with Crippen molar-refractivity contribution in [2.45, 2.75) is 30.2 Å². The van der Waals surface area contributed by atoms with Gasteiger partial charge in [0.1, 0.15) is 6.04 Å². The Hall–Kier alpha value is -3.27.